The van der Waals surface area contributed by atoms with Crippen LogP contribution in [-0.2, 0) is 17.8 Å². The van der Waals surface area contributed by atoms with Gasteiger partial charge in [0.25, 0.3) is 5.91 Å². The third-order valence-corrected chi connectivity index (χ3v) is 4.58. The minimum atomic E-state index is -0.135. The lowest BCUT2D eigenvalue weighted by Gasteiger charge is -2.30. The van der Waals surface area contributed by atoms with Crippen LogP contribution in [0, 0.1) is 0 Å². The van der Waals surface area contributed by atoms with Crippen LogP contribution in [-0.4, -0.2) is 23.5 Å². The van der Waals surface area contributed by atoms with E-state index in [-0.39, 0.29) is 11.9 Å². The predicted octanol–water partition coefficient (Wildman–Crippen LogP) is 1.70. The van der Waals surface area contributed by atoms with Gasteiger partial charge in [-0.05, 0) is 24.6 Å². The predicted molar refractivity (Wildman–Crippen MR) is 87.0 cm³/mol. The molecule has 2 heterocycles. The average Bonchev–Trinajstić information content (AvgIpc) is 2.55. The van der Waals surface area contributed by atoms with Crippen LogP contribution in [0.5, 0.6) is 0 Å². The maximum absolute atomic E-state index is 12.5. The molecule has 0 saturated heterocycles. The van der Waals surface area contributed by atoms with Crippen LogP contribution >= 0.6 is 11.6 Å². The molecule has 0 aliphatic carbocycles. The SMILES string of the molecule is C[C@@H](C(=O)Nc1cccnc1Cl)[NH+]1CCc2ccccc2C1. The van der Waals surface area contributed by atoms with Gasteiger partial charge in [0.05, 0.1) is 12.2 Å². The van der Waals surface area contributed by atoms with Gasteiger partial charge in [0.15, 0.2) is 11.2 Å². The molecule has 1 aromatic carbocycles. The average molecular weight is 317 g/mol. The van der Waals surface area contributed by atoms with Crippen LogP contribution in [0.4, 0.5) is 5.69 Å². The number of hydrogen-bond donors (Lipinski definition) is 2. The van der Waals surface area contributed by atoms with Gasteiger partial charge >= 0.3 is 0 Å². The Kier molecular flexibility index (Phi) is 4.41. The van der Waals surface area contributed by atoms with Crippen molar-refractivity contribution in [3.8, 4) is 0 Å². The standard InChI is InChI=1S/C17H18ClN3O/c1-12(17(22)20-15-7-4-9-19-16(15)18)21-10-8-13-5-2-3-6-14(13)11-21/h2-7,9,12H,8,10-11H2,1H3,(H,20,22)/p+1/t12-/m0/s1. The fraction of sp³-hybridized carbons (Fsp3) is 0.294. The van der Waals surface area contributed by atoms with Crippen molar-refractivity contribution in [2.45, 2.75) is 25.9 Å². The van der Waals surface area contributed by atoms with Crippen LogP contribution in [0.1, 0.15) is 18.1 Å². The molecule has 2 N–H and O–H groups in total. The summed E-state index contributed by atoms with van der Waals surface area (Å²) in [4.78, 5) is 17.7. The normalized spacial score (nSPS) is 18.4. The second kappa shape index (κ2) is 6.46. The van der Waals surface area contributed by atoms with Gasteiger partial charge in [-0.2, -0.15) is 0 Å². The van der Waals surface area contributed by atoms with Crippen LogP contribution in [0.3, 0.4) is 0 Å². The molecular weight excluding hydrogens is 298 g/mol. The Balaban J connectivity index is 1.68. The summed E-state index contributed by atoms with van der Waals surface area (Å²) in [6.45, 7) is 3.81. The number of hydrogen-bond acceptors (Lipinski definition) is 2. The van der Waals surface area contributed by atoms with Crippen molar-refractivity contribution in [1.29, 1.82) is 0 Å². The van der Waals surface area contributed by atoms with Crippen molar-refractivity contribution >= 4 is 23.2 Å². The van der Waals surface area contributed by atoms with Crippen LogP contribution in [0.15, 0.2) is 42.6 Å². The highest BCUT2D eigenvalue weighted by molar-refractivity contribution is 6.32. The number of halogens is 1. The van der Waals surface area contributed by atoms with Crippen molar-refractivity contribution < 1.29 is 9.69 Å². The maximum Gasteiger partial charge on any atom is 0.282 e. The summed E-state index contributed by atoms with van der Waals surface area (Å²) in [6.07, 6.45) is 2.62. The zero-order valence-electron chi connectivity index (χ0n) is 12.5. The number of quaternary nitrogens is 1. The fourth-order valence-corrected chi connectivity index (χ4v) is 3.04. The number of nitrogens with zero attached hydrogens (tertiary/aromatic N) is 1. The smallest absolute Gasteiger partial charge is 0.282 e. The Morgan fingerprint density at radius 2 is 2.05 bits per heavy atom. The van der Waals surface area contributed by atoms with Crippen molar-refractivity contribution in [3.05, 3.63) is 58.9 Å². The number of carbonyl (C=O) groups is 1. The summed E-state index contributed by atoms with van der Waals surface area (Å²) in [5.74, 6) is -0.0238. The summed E-state index contributed by atoms with van der Waals surface area (Å²) in [5, 5.41) is 3.20. The Morgan fingerprint density at radius 3 is 2.82 bits per heavy atom. The van der Waals surface area contributed by atoms with Gasteiger partial charge in [0.2, 0.25) is 0 Å². The molecular formula is C17H19ClN3O+. The lowest BCUT2D eigenvalue weighted by atomic mass is 9.99. The molecule has 0 saturated carbocycles. The maximum atomic E-state index is 12.5. The lowest BCUT2D eigenvalue weighted by Crippen LogP contribution is -3.16. The first-order chi connectivity index (χ1) is 10.6. The van der Waals surface area contributed by atoms with Gasteiger partial charge < -0.3 is 10.2 Å². The summed E-state index contributed by atoms with van der Waals surface area (Å²) in [6, 6.07) is 11.8. The second-order valence-electron chi connectivity index (χ2n) is 5.66. The van der Waals surface area contributed by atoms with E-state index in [4.69, 9.17) is 11.6 Å². The number of fused-ring (bicyclic) bond motifs is 1. The van der Waals surface area contributed by atoms with Crippen LogP contribution in [0.25, 0.3) is 0 Å². The van der Waals surface area contributed by atoms with E-state index in [1.807, 2.05) is 6.92 Å². The van der Waals surface area contributed by atoms with E-state index in [0.29, 0.717) is 10.8 Å². The van der Waals surface area contributed by atoms with Crippen LogP contribution in [0.2, 0.25) is 5.15 Å². The molecule has 22 heavy (non-hydrogen) atoms. The molecule has 1 amide bonds. The molecule has 1 aromatic heterocycles. The number of amides is 1. The van der Waals surface area contributed by atoms with Gasteiger partial charge in [-0.3, -0.25) is 4.79 Å². The summed E-state index contributed by atoms with van der Waals surface area (Å²) < 4.78 is 0. The van der Waals surface area contributed by atoms with E-state index >= 15 is 0 Å². The zero-order chi connectivity index (χ0) is 15.5. The van der Waals surface area contributed by atoms with Gasteiger partial charge in [-0.15, -0.1) is 0 Å². The van der Waals surface area contributed by atoms with E-state index in [1.165, 1.54) is 16.0 Å². The fourth-order valence-electron chi connectivity index (χ4n) is 2.88. The van der Waals surface area contributed by atoms with Gasteiger partial charge in [0.1, 0.15) is 6.54 Å². The van der Waals surface area contributed by atoms with Gasteiger partial charge in [0, 0.05) is 18.2 Å². The second-order valence-corrected chi connectivity index (χ2v) is 6.01. The summed E-state index contributed by atoms with van der Waals surface area (Å²) >= 11 is 5.99. The highest BCUT2D eigenvalue weighted by Crippen LogP contribution is 2.17. The molecule has 2 aromatic rings. The highest BCUT2D eigenvalue weighted by atomic mass is 35.5. The topological polar surface area (TPSA) is 46.4 Å². The first kappa shape index (κ1) is 15.0. The largest absolute Gasteiger partial charge is 0.321 e. The first-order valence-electron chi connectivity index (χ1n) is 7.48. The molecule has 0 fully saturated rings. The minimum Gasteiger partial charge on any atom is -0.321 e. The Morgan fingerprint density at radius 1 is 1.27 bits per heavy atom. The van der Waals surface area contributed by atoms with Crippen molar-refractivity contribution in [2.24, 2.45) is 0 Å². The number of nitrogens with one attached hydrogen (secondary N) is 2. The summed E-state index contributed by atoms with van der Waals surface area (Å²) in [5.41, 5.74) is 3.30. The van der Waals surface area contributed by atoms with Crippen molar-refractivity contribution in [3.63, 3.8) is 0 Å². The number of pyridine rings is 1. The third-order valence-electron chi connectivity index (χ3n) is 4.27. The van der Waals surface area contributed by atoms with Crippen molar-refractivity contribution in [2.75, 3.05) is 11.9 Å². The molecule has 114 valence electrons. The highest BCUT2D eigenvalue weighted by Gasteiger charge is 2.29. The molecule has 1 aliphatic rings. The van der Waals surface area contributed by atoms with E-state index in [2.05, 4.69) is 34.6 Å². The number of carbonyl (C=O) groups excluding carboxylic acids is 1. The number of aromatic nitrogens is 1. The quantitative estimate of drug-likeness (QED) is 0.847. The van der Waals surface area contributed by atoms with Gasteiger partial charge in [-0.25, -0.2) is 4.98 Å². The molecule has 5 heteroatoms. The van der Waals surface area contributed by atoms with E-state index in [0.717, 1.165) is 19.5 Å². The Hall–Kier alpha value is -1.91. The van der Waals surface area contributed by atoms with E-state index < -0.39 is 0 Å². The molecule has 0 spiro atoms. The Labute approximate surface area is 135 Å². The molecule has 2 atom stereocenters. The molecule has 0 bridgehead atoms. The van der Waals surface area contributed by atoms with E-state index in [9.17, 15) is 4.79 Å². The lowest BCUT2D eigenvalue weighted by molar-refractivity contribution is -0.929. The molecule has 0 radical (unpaired) electrons. The minimum absolute atomic E-state index is 0.0238. The third kappa shape index (κ3) is 3.13. The first-order valence-corrected chi connectivity index (χ1v) is 7.85. The molecule has 1 unspecified atom stereocenters. The molecule has 3 rings (SSSR count). The number of anilines is 1. The zero-order valence-corrected chi connectivity index (χ0v) is 13.2. The summed E-state index contributed by atoms with van der Waals surface area (Å²) in [7, 11) is 0. The van der Waals surface area contributed by atoms with Crippen molar-refractivity contribution in [1.82, 2.24) is 4.98 Å². The van der Waals surface area contributed by atoms with Gasteiger partial charge in [-0.1, -0.05) is 35.9 Å². The Bertz CT molecular complexity index is 689. The number of rotatable bonds is 3. The monoisotopic (exact) mass is 316 g/mol. The van der Waals surface area contributed by atoms with E-state index in [1.54, 1.807) is 18.3 Å². The molecule has 4 nitrogen and oxygen atoms in total. The van der Waals surface area contributed by atoms with Crippen LogP contribution < -0.4 is 10.2 Å². The molecule has 1 aliphatic heterocycles. The number of benzene rings is 1.